The van der Waals surface area contributed by atoms with Crippen molar-refractivity contribution in [2.45, 2.75) is 19.4 Å². The SMILES string of the molecule is CCc1ccc(NC(N)=NCC(c2ccc(F)cc2)N(C)C)cc1. The Labute approximate surface area is 143 Å². The second-order valence-electron chi connectivity index (χ2n) is 5.93. The number of anilines is 1. The fourth-order valence-electron chi connectivity index (χ4n) is 2.45. The largest absolute Gasteiger partial charge is 0.370 e. The van der Waals surface area contributed by atoms with E-state index in [0.29, 0.717) is 12.5 Å². The van der Waals surface area contributed by atoms with Crippen LogP contribution in [0.15, 0.2) is 53.5 Å². The number of halogens is 1. The van der Waals surface area contributed by atoms with E-state index in [2.05, 4.69) is 29.4 Å². The van der Waals surface area contributed by atoms with Crippen LogP contribution < -0.4 is 11.1 Å². The number of rotatable bonds is 6. The van der Waals surface area contributed by atoms with Crippen LogP contribution in [0.2, 0.25) is 0 Å². The molecule has 1 unspecified atom stereocenters. The van der Waals surface area contributed by atoms with Gasteiger partial charge in [-0.1, -0.05) is 31.2 Å². The van der Waals surface area contributed by atoms with Crippen LogP contribution in [0.4, 0.5) is 10.1 Å². The number of benzene rings is 2. The summed E-state index contributed by atoms with van der Waals surface area (Å²) >= 11 is 0. The Bertz CT molecular complexity index is 663. The molecule has 0 fully saturated rings. The number of hydrogen-bond donors (Lipinski definition) is 2. The van der Waals surface area contributed by atoms with Crippen LogP contribution >= 0.6 is 0 Å². The van der Waals surface area contributed by atoms with Gasteiger partial charge in [0, 0.05) is 5.69 Å². The first-order chi connectivity index (χ1) is 11.5. The molecule has 5 heteroatoms. The number of nitrogens with two attached hydrogens (primary N) is 1. The van der Waals surface area contributed by atoms with Crippen molar-refractivity contribution in [1.29, 1.82) is 0 Å². The summed E-state index contributed by atoms with van der Waals surface area (Å²) in [6.45, 7) is 2.61. The van der Waals surface area contributed by atoms with Crippen molar-refractivity contribution < 1.29 is 4.39 Å². The van der Waals surface area contributed by atoms with Crippen LogP contribution in [0.25, 0.3) is 0 Å². The summed E-state index contributed by atoms with van der Waals surface area (Å²) in [6.07, 6.45) is 1.01. The maximum Gasteiger partial charge on any atom is 0.193 e. The quantitative estimate of drug-likeness (QED) is 0.631. The Morgan fingerprint density at radius 2 is 1.75 bits per heavy atom. The van der Waals surface area contributed by atoms with Gasteiger partial charge in [0.05, 0.1) is 12.6 Å². The fourth-order valence-corrected chi connectivity index (χ4v) is 2.45. The second-order valence-corrected chi connectivity index (χ2v) is 5.93. The summed E-state index contributed by atoms with van der Waals surface area (Å²) in [6, 6.07) is 14.6. The topological polar surface area (TPSA) is 53.6 Å². The van der Waals surface area contributed by atoms with Crippen molar-refractivity contribution in [3.63, 3.8) is 0 Å². The molecule has 0 radical (unpaired) electrons. The molecule has 24 heavy (non-hydrogen) atoms. The van der Waals surface area contributed by atoms with Crippen LogP contribution in [0.1, 0.15) is 24.1 Å². The van der Waals surface area contributed by atoms with E-state index in [1.54, 1.807) is 12.1 Å². The Kier molecular flexibility index (Phi) is 6.32. The molecule has 0 spiro atoms. The van der Waals surface area contributed by atoms with Gasteiger partial charge in [0.25, 0.3) is 0 Å². The molecule has 0 saturated heterocycles. The minimum Gasteiger partial charge on any atom is -0.370 e. The summed E-state index contributed by atoms with van der Waals surface area (Å²) in [5.74, 6) is 0.129. The van der Waals surface area contributed by atoms with E-state index >= 15 is 0 Å². The van der Waals surface area contributed by atoms with Crippen molar-refractivity contribution in [2.75, 3.05) is 26.0 Å². The molecule has 0 aromatic heterocycles. The van der Waals surface area contributed by atoms with E-state index in [0.717, 1.165) is 17.7 Å². The number of hydrogen-bond acceptors (Lipinski definition) is 2. The van der Waals surface area contributed by atoms with Crippen LogP contribution in [0.5, 0.6) is 0 Å². The standard InChI is InChI=1S/C19H25FN4/c1-4-14-5-11-17(12-6-14)23-19(21)22-13-18(24(2)3)15-7-9-16(20)10-8-15/h5-12,18H,4,13H2,1-3H3,(H3,21,22,23). The lowest BCUT2D eigenvalue weighted by molar-refractivity contribution is 0.306. The van der Waals surface area contributed by atoms with E-state index in [4.69, 9.17) is 5.73 Å². The lowest BCUT2D eigenvalue weighted by Gasteiger charge is -2.23. The summed E-state index contributed by atoms with van der Waals surface area (Å²) in [5, 5.41) is 3.10. The summed E-state index contributed by atoms with van der Waals surface area (Å²) in [5.41, 5.74) is 9.18. The molecule has 128 valence electrons. The predicted octanol–water partition coefficient (Wildman–Crippen LogP) is 3.42. The van der Waals surface area contributed by atoms with E-state index < -0.39 is 0 Å². The lowest BCUT2D eigenvalue weighted by atomic mass is 10.1. The first-order valence-corrected chi connectivity index (χ1v) is 8.07. The molecule has 0 amide bonds. The average molecular weight is 328 g/mol. The molecular weight excluding hydrogens is 303 g/mol. The van der Waals surface area contributed by atoms with Crippen molar-refractivity contribution in [1.82, 2.24) is 4.90 Å². The average Bonchev–Trinajstić information content (AvgIpc) is 2.57. The van der Waals surface area contributed by atoms with Crippen molar-refractivity contribution in [3.05, 3.63) is 65.5 Å². The fraction of sp³-hybridized carbons (Fsp3) is 0.316. The monoisotopic (exact) mass is 328 g/mol. The number of aryl methyl sites for hydroxylation is 1. The smallest absolute Gasteiger partial charge is 0.193 e. The highest BCUT2D eigenvalue weighted by atomic mass is 19.1. The number of aliphatic imine (C=N–C) groups is 1. The Morgan fingerprint density at radius 1 is 1.12 bits per heavy atom. The zero-order valence-electron chi connectivity index (χ0n) is 14.5. The second kappa shape index (κ2) is 8.45. The molecule has 0 aliphatic rings. The Balaban J connectivity index is 2.03. The van der Waals surface area contributed by atoms with Crippen LogP contribution in [-0.2, 0) is 6.42 Å². The molecule has 0 bridgehead atoms. The normalized spacial score (nSPS) is 13.1. The van der Waals surface area contributed by atoms with Gasteiger partial charge in [0.15, 0.2) is 5.96 Å². The third kappa shape index (κ3) is 5.06. The van der Waals surface area contributed by atoms with Gasteiger partial charge >= 0.3 is 0 Å². The number of guanidine groups is 1. The van der Waals surface area contributed by atoms with E-state index in [9.17, 15) is 4.39 Å². The van der Waals surface area contributed by atoms with Gasteiger partial charge < -0.3 is 16.0 Å². The summed E-state index contributed by atoms with van der Waals surface area (Å²) in [4.78, 5) is 6.47. The Hall–Kier alpha value is -2.40. The molecule has 0 aliphatic carbocycles. The van der Waals surface area contributed by atoms with Crippen LogP contribution in [0, 0.1) is 5.82 Å². The van der Waals surface area contributed by atoms with Gasteiger partial charge in [-0.05, 0) is 55.9 Å². The molecule has 2 aromatic rings. The van der Waals surface area contributed by atoms with E-state index in [1.165, 1.54) is 17.7 Å². The predicted molar refractivity (Wildman–Crippen MR) is 98.8 cm³/mol. The molecule has 0 saturated carbocycles. The zero-order valence-corrected chi connectivity index (χ0v) is 14.5. The highest BCUT2D eigenvalue weighted by molar-refractivity contribution is 5.92. The van der Waals surface area contributed by atoms with Gasteiger partial charge in [-0.25, -0.2) is 4.39 Å². The Morgan fingerprint density at radius 3 is 2.29 bits per heavy atom. The van der Waals surface area contributed by atoms with Crippen LogP contribution in [0.3, 0.4) is 0 Å². The number of nitrogens with one attached hydrogen (secondary N) is 1. The molecule has 4 nitrogen and oxygen atoms in total. The van der Waals surface area contributed by atoms with Gasteiger partial charge in [-0.15, -0.1) is 0 Å². The van der Waals surface area contributed by atoms with Gasteiger partial charge in [0.1, 0.15) is 5.82 Å². The zero-order chi connectivity index (χ0) is 17.5. The van der Waals surface area contributed by atoms with Gasteiger partial charge in [-0.3, -0.25) is 4.99 Å². The summed E-state index contributed by atoms with van der Waals surface area (Å²) in [7, 11) is 3.94. The minimum atomic E-state index is -0.239. The van der Waals surface area contributed by atoms with E-state index in [1.807, 2.05) is 31.1 Å². The van der Waals surface area contributed by atoms with Crippen molar-refractivity contribution in [2.24, 2.45) is 10.7 Å². The maximum absolute atomic E-state index is 13.1. The van der Waals surface area contributed by atoms with Gasteiger partial charge in [-0.2, -0.15) is 0 Å². The third-order valence-corrected chi connectivity index (χ3v) is 3.95. The number of likely N-dealkylation sites (N-methyl/N-ethyl adjacent to an activating group) is 1. The van der Waals surface area contributed by atoms with Crippen molar-refractivity contribution in [3.8, 4) is 0 Å². The highest BCUT2D eigenvalue weighted by Gasteiger charge is 2.13. The van der Waals surface area contributed by atoms with Crippen molar-refractivity contribution >= 4 is 11.6 Å². The summed E-state index contributed by atoms with van der Waals surface area (Å²) < 4.78 is 13.1. The minimum absolute atomic E-state index is 0.0356. The molecule has 1 atom stereocenters. The first-order valence-electron chi connectivity index (χ1n) is 8.07. The molecule has 2 aromatic carbocycles. The molecule has 2 rings (SSSR count). The lowest BCUT2D eigenvalue weighted by Crippen LogP contribution is -2.27. The number of nitrogens with zero attached hydrogens (tertiary/aromatic N) is 2. The molecule has 3 N–H and O–H groups in total. The molecule has 0 heterocycles. The highest BCUT2D eigenvalue weighted by Crippen LogP contribution is 2.19. The molecular formula is C19H25FN4. The molecule has 0 aliphatic heterocycles. The van der Waals surface area contributed by atoms with Gasteiger partial charge in [0.2, 0.25) is 0 Å². The maximum atomic E-state index is 13.1. The van der Waals surface area contributed by atoms with Crippen LogP contribution in [-0.4, -0.2) is 31.5 Å². The third-order valence-electron chi connectivity index (χ3n) is 3.95. The first kappa shape index (κ1) is 17.9. The van der Waals surface area contributed by atoms with E-state index in [-0.39, 0.29) is 11.9 Å².